The van der Waals surface area contributed by atoms with Crippen molar-refractivity contribution in [1.29, 1.82) is 0 Å². The number of hydrogen-bond donors (Lipinski definition) is 1. The van der Waals surface area contributed by atoms with Gasteiger partial charge in [-0.3, -0.25) is 0 Å². The van der Waals surface area contributed by atoms with Gasteiger partial charge in [0.05, 0.1) is 10.4 Å². The number of nitrogens with zero attached hydrogens (tertiary/aromatic N) is 2. The maximum absolute atomic E-state index is 12.6. The number of likely N-dealkylation sites (N-methyl/N-ethyl adjacent to an activating group) is 1. The van der Waals surface area contributed by atoms with Gasteiger partial charge in [-0.05, 0) is 40.2 Å². The molecular formula is C19H27ClN2O4. The molecule has 0 radical (unpaired) electrons. The van der Waals surface area contributed by atoms with Gasteiger partial charge in [0.1, 0.15) is 29.3 Å². The number of aromatic hydroxyl groups is 1. The van der Waals surface area contributed by atoms with Crippen LogP contribution >= 0.6 is 11.6 Å². The van der Waals surface area contributed by atoms with Crippen LogP contribution in [0.1, 0.15) is 35.5 Å². The van der Waals surface area contributed by atoms with E-state index in [0.29, 0.717) is 35.4 Å². The Bertz CT molecular complexity index is 782. The second kappa shape index (κ2) is 8.75. The lowest BCUT2D eigenvalue weighted by Crippen LogP contribution is -2.28. The third kappa shape index (κ3) is 4.31. The van der Waals surface area contributed by atoms with Crippen LogP contribution < -0.4 is 0 Å². The predicted molar refractivity (Wildman–Crippen MR) is 103 cm³/mol. The van der Waals surface area contributed by atoms with Gasteiger partial charge in [0.15, 0.2) is 0 Å². The summed E-state index contributed by atoms with van der Waals surface area (Å²) in [6, 6.07) is 1.72. The van der Waals surface area contributed by atoms with E-state index in [1.165, 1.54) is 0 Å². The van der Waals surface area contributed by atoms with E-state index in [1.807, 2.05) is 19.0 Å². The van der Waals surface area contributed by atoms with Crippen LogP contribution in [0.5, 0.6) is 5.75 Å². The molecule has 0 atom stereocenters. The summed E-state index contributed by atoms with van der Waals surface area (Å²) in [5.74, 6) is -0.0999. The molecule has 0 bridgehead atoms. The van der Waals surface area contributed by atoms with Gasteiger partial charge >= 0.3 is 5.97 Å². The number of furan rings is 1. The summed E-state index contributed by atoms with van der Waals surface area (Å²) >= 11 is 6.36. The molecule has 26 heavy (non-hydrogen) atoms. The number of phenolic OH excluding ortho intramolecular Hbond substituents is 1. The quantitative estimate of drug-likeness (QED) is 0.703. The number of benzene rings is 1. The zero-order valence-electron chi connectivity index (χ0n) is 16.1. The maximum Gasteiger partial charge on any atom is 0.342 e. The van der Waals surface area contributed by atoms with Crippen molar-refractivity contribution in [2.24, 2.45) is 0 Å². The summed E-state index contributed by atoms with van der Waals surface area (Å²) in [6.07, 6.45) is 0. The van der Waals surface area contributed by atoms with Crippen LogP contribution in [-0.2, 0) is 11.3 Å². The first kappa shape index (κ1) is 20.6. The van der Waals surface area contributed by atoms with Crippen molar-refractivity contribution in [2.75, 3.05) is 40.3 Å². The Hall–Kier alpha value is -1.76. The molecule has 0 unspecified atom stereocenters. The van der Waals surface area contributed by atoms with E-state index in [9.17, 15) is 9.90 Å². The summed E-state index contributed by atoms with van der Waals surface area (Å²) < 4.78 is 11.1. The van der Waals surface area contributed by atoms with Crippen LogP contribution in [-0.4, -0.2) is 61.2 Å². The molecule has 6 nitrogen and oxygen atoms in total. The lowest BCUT2D eigenvalue weighted by atomic mass is 10.1. The van der Waals surface area contributed by atoms with Gasteiger partial charge in [-0.25, -0.2) is 4.79 Å². The van der Waals surface area contributed by atoms with Gasteiger partial charge in [0.2, 0.25) is 0 Å². The number of carbonyl (C=O) groups is 1. The number of ether oxygens (including phenoxy) is 1. The summed E-state index contributed by atoms with van der Waals surface area (Å²) in [5, 5.41) is 10.9. The molecule has 7 heteroatoms. The zero-order chi connectivity index (χ0) is 19.4. The Morgan fingerprint density at radius 2 is 1.96 bits per heavy atom. The van der Waals surface area contributed by atoms with Crippen molar-refractivity contribution in [3.05, 3.63) is 28.0 Å². The number of rotatable bonds is 8. The summed E-state index contributed by atoms with van der Waals surface area (Å²) in [7, 11) is 3.78. The van der Waals surface area contributed by atoms with Crippen LogP contribution in [0.25, 0.3) is 11.0 Å². The fourth-order valence-corrected chi connectivity index (χ4v) is 3.27. The second-order valence-electron chi connectivity index (χ2n) is 6.51. The van der Waals surface area contributed by atoms with Gasteiger partial charge in [0, 0.05) is 18.7 Å². The topological polar surface area (TPSA) is 66.2 Å². The summed E-state index contributed by atoms with van der Waals surface area (Å²) in [5.41, 5.74) is 1.39. The molecule has 0 spiro atoms. The lowest BCUT2D eigenvalue weighted by molar-refractivity contribution is 0.0466. The molecule has 0 amide bonds. The molecule has 1 N–H and O–H groups in total. The third-order valence-corrected chi connectivity index (χ3v) is 4.74. The number of esters is 1. The average Bonchev–Trinajstić information content (AvgIpc) is 2.92. The molecule has 2 rings (SSSR count). The number of phenols is 1. The molecule has 0 saturated heterocycles. The normalized spacial score (nSPS) is 11.7. The number of aryl methyl sites for hydroxylation is 1. The minimum Gasteiger partial charge on any atom is -0.506 e. The first-order valence-corrected chi connectivity index (χ1v) is 9.15. The molecule has 144 valence electrons. The number of carbonyl (C=O) groups excluding carboxylic acids is 1. The lowest BCUT2D eigenvalue weighted by Gasteiger charge is -2.17. The van der Waals surface area contributed by atoms with Gasteiger partial charge in [-0.1, -0.05) is 25.4 Å². The molecule has 2 aromatic rings. The Morgan fingerprint density at radius 1 is 1.31 bits per heavy atom. The summed E-state index contributed by atoms with van der Waals surface area (Å²) in [6.45, 7) is 9.07. The van der Waals surface area contributed by atoms with E-state index in [2.05, 4.69) is 18.7 Å². The molecule has 0 aliphatic rings. The Labute approximate surface area is 159 Å². The molecule has 1 heterocycles. The number of fused-ring (bicyclic) bond motifs is 1. The van der Waals surface area contributed by atoms with E-state index in [4.69, 9.17) is 20.8 Å². The molecular weight excluding hydrogens is 356 g/mol. The monoisotopic (exact) mass is 382 g/mol. The fourth-order valence-electron chi connectivity index (χ4n) is 2.96. The molecule has 0 saturated carbocycles. The second-order valence-corrected chi connectivity index (χ2v) is 6.88. The van der Waals surface area contributed by atoms with E-state index >= 15 is 0 Å². The van der Waals surface area contributed by atoms with Crippen molar-refractivity contribution in [3.8, 4) is 5.75 Å². The van der Waals surface area contributed by atoms with E-state index in [1.54, 1.807) is 13.0 Å². The maximum atomic E-state index is 12.6. The molecule has 1 aromatic heterocycles. The van der Waals surface area contributed by atoms with E-state index in [0.717, 1.165) is 13.1 Å². The Kier molecular flexibility index (Phi) is 6.92. The van der Waals surface area contributed by atoms with Crippen molar-refractivity contribution < 1.29 is 19.1 Å². The van der Waals surface area contributed by atoms with Gasteiger partial charge < -0.3 is 24.1 Å². The third-order valence-electron chi connectivity index (χ3n) is 4.37. The number of halogens is 1. The fraction of sp³-hybridized carbons (Fsp3) is 0.526. The van der Waals surface area contributed by atoms with Gasteiger partial charge in [-0.2, -0.15) is 0 Å². The van der Waals surface area contributed by atoms with Crippen LogP contribution in [0.2, 0.25) is 5.02 Å². The molecule has 0 aliphatic heterocycles. The van der Waals surface area contributed by atoms with Crippen LogP contribution in [0.15, 0.2) is 10.5 Å². The largest absolute Gasteiger partial charge is 0.506 e. The highest BCUT2D eigenvalue weighted by atomic mass is 35.5. The SMILES string of the molecule is CCN(CC)CCOC(=O)c1c(C)oc2cc(CN(C)C)c(O)c(Cl)c12. The van der Waals surface area contributed by atoms with Crippen molar-refractivity contribution >= 4 is 28.5 Å². The minimum atomic E-state index is -0.491. The molecule has 1 aromatic carbocycles. The summed E-state index contributed by atoms with van der Waals surface area (Å²) in [4.78, 5) is 16.7. The Balaban J connectivity index is 2.31. The molecule has 0 aliphatic carbocycles. The van der Waals surface area contributed by atoms with Crippen LogP contribution in [0.3, 0.4) is 0 Å². The molecule has 0 fully saturated rings. The first-order chi connectivity index (χ1) is 12.3. The van der Waals surface area contributed by atoms with Crippen molar-refractivity contribution in [3.63, 3.8) is 0 Å². The smallest absolute Gasteiger partial charge is 0.342 e. The van der Waals surface area contributed by atoms with Crippen molar-refractivity contribution in [2.45, 2.75) is 27.3 Å². The average molecular weight is 383 g/mol. The number of hydrogen-bond acceptors (Lipinski definition) is 6. The van der Waals surface area contributed by atoms with Crippen LogP contribution in [0, 0.1) is 6.92 Å². The highest BCUT2D eigenvalue weighted by molar-refractivity contribution is 6.38. The van der Waals surface area contributed by atoms with Gasteiger partial charge in [0.25, 0.3) is 0 Å². The first-order valence-electron chi connectivity index (χ1n) is 8.77. The highest BCUT2D eigenvalue weighted by Gasteiger charge is 2.25. The van der Waals surface area contributed by atoms with E-state index < -0.39 is 5.97 Å². The highest BCUT2D eigenvalue weighted by Crippen LogP contribution is 2.40. The standard InChI is InChI=1S/C19H27ClN2O4/c1-6-22(7-2)8-9-25-19(24)15-12(3)26-14-10-13(11-21(4)5)18(23)17(20)16(14)15/h10,23H,6-9,11H2,1-5H3. The van der Waals surface area contributed by atoms with E-state index in [-0.39, 0.29) is 22.9 Å². The van der Waals surface area contributed by atoms with Crippen molar-refractivity contribution in [1.82, 2.24) is 9.80 Å². The van der Waals surface area contributed by atoms with Crippen LogP contribution in [0.4, 0.5) is 0 Å². The predicted octanol–water partition coefficient (Wildman–Crippen LogP) is 3.66. The zero-order valence-corrected chi connectivity index (χ0v) is 16.8. The minimum absolute atomic E-state index is 0.0362. The Morgan fingerprint density at radius 3 is 2.54 bits per heavy atom. The van der Waals surface area contributed by atoms with Gasteiger partial charge in [-0.15, -0.1) is 0 Å².